The van der Waals surface area contributed by atoms with E-state index in [0.29, 0.717) is 50.8 Å². The number of hydrogen-bond acceptors (Lipinski definition) is 4. The molecule has 1 atom stereocenters. The lowest BCUT2D eigenvalue weighted by molar-refractivity contribution is -0.141. The van der Waals surface area contributed by atoms with Gasteiger partial charge in [0, 0.05) is 25.9 Å². The molecule has 38 heavy (non-hydrogen) atoms. The Morgan fingerprint density at radius 2 is 1.61 bits per heavy atom. The molecule has 0 saturated carbocycles. The molecule has 0 aromatic heterocycles. The molecule has 1 aliphatic heterocycles. The third kappa shape index (κ3) is 7.37. The summed E-state index contributed by atoms with van der Waals surface area (Å²) in [5.74, 6) is 1.59. The van der Waals surface area contributed by atoms with Crippen LogP contribution < -0.4 is 14.8 Å². The van der Waals surface area contributed by atoms with Gasteiger partial charge in [0.2, 0.25) is 11.8 Å². The number of rotatable bonds is 11. The van der Waals surface area contributed by atoms with Gasteiger partial charge in [0.1, 0.15) is 19.3 Å². The van der Waals surface area contributed by atoms with E-state index < -0.39 is 6.04 Å². The van der Waals surface area contributed by atoms with Crippen molar-refractivity contribution in [1.82, 2.24) is 10.2 Å². The van der Waals surface area contributed by atoms with Gasteiger partial charge < -0.3 is 19.7 Å². The molecule has 2 amide bonds. The Morgan fingerprint density at radius 3 is 2.34 bits per heavy atom. The van der Waals surface area contributed by atoms with Gasteiger partial charge in [-0.2, -0.15) is 0 Å². The van der Waals surface area contributed by atoms with E-state index in [1.807, 2.05) is 79.7 Å². The highest BCUT2D eigenvalue weighted by molar-refractivity contribution is 5.88. The van der Waals surface area contributed by atoms with Gasteiger partial charge in [-0.05, 0) is 53.6 Å². The van der Waals surface area contributed by atoms with Crippen LogP contribution in [0.5, 0.6) is 11.5 Å². The number of hydrogen-bond donors (Lipinski definition) is 1. The van der Waals surface area contributed by atoms with Crippen LogP contribution in [0.3, 0.4) is 0 Å². The van der Waals surface area contributed by atoms with Crippen LogP contribution in [-0.2, 0) is 29.0 Å². The van der Waals surface area contributed by atoms with E-state index in [9.17, 15) is 9.59 Å². The Hall–Kier alpha value is -3.80. The van der Waals surface area contributed by atoms with Crippen LogP contribution in [0.15, 0.2) is 72.8 Å². The van der Waals surface area contributed by atoms with Crippen LogP contribution in [0.4, 0.5) is 0 Å². The van der Waals surface area contributed by atoms with Crippen LogP contribution in [0.25, 0.3) is 0 Å². The summed E-state index contributed by atoms with van der Waals surface area (Å²) >= 11 is 0. The monoisotopic (exact) mass is 514 g/mol. The average molecular weight is 515 g/mol. The largest absolute Gasteiger partial charge is 0.486 e. The molecular weight excluding hydrogens is 476 g/mol. The van der Waals surface area contributed by atoms with Crippen molar-refractivity contribution < 1.29 is 19.1 Å². The molecule has 0 saturated heterocycles. The maximum absolute atomic E-state index is 13.9. The molecule has 1 heterocycles. The second-order valence-electron chi connectivity index (χ2n) is 10.3. The quantitative estimate of drug-likeness (QED) is 0.386. The Kier molecular flexibility index (Phi) is 9.41. The number of carbonyl (C=O) groups is 2. The molecule has 0 aliphatic carbocycles. The van der Waals surface area contributed by atoms with Crippen molar-refractivity contribution in [3.05, 3.63) is 95.1 Å². The smallest absolute Gasteiger partial charge is 0.243 e. The number of nitrogens with zero attached hydrogens (tertiary/aromatic N) is 1. The van der Waals surface area contributed by atoms with E-state index in [-0.39, 0.29) is 18.2 Å². The summed E-state index contributed by atoms with van der Waals surface area (Å²) in [5.41, 5.74) is 4.15. The lowest BCUT2D eigenvalue weighted by atomic mass is 10.00. The molecule has 3 aromatic carbocycles. The maximum Gasteiger partial charge on any atom is 0.243 e. The summed E-state index contributed by atoms with van der Waals surface area (Å²) in [6.07, 6.45) is 1.28. The van der Waals surface area contributed by atoms with Crippen molar-refractivity contribution in [2.24, 2.45) is 5.92 Å². The lowest BCUT2D eigenvalue weighted by Crippen LogP contribution is -2.51. The zero-order valence-electron chi connectivity index (χ0n) is 22.6. The highest BCUT2D eigenvalue weighted by Gasteiger charge is 2.30. The molecule has 0 radical (unpaired) electrons. The fraction of sp³-hybridized carbons (Fsp3) is 0.375. The number of benzene rings is 3. The predicted octanol–water partition coefficient (Wildman–Crippen LogP) is 5.11. The zero-order valence-corrected chi connectivity index (χ0v) is 22.6. The van der Waals surface area contributed by atoms with Gasteiger partial charge >= 0.3 is 0 Å². The first-order valence-corrected chi connectivity index (χ1v) is 13.4. The minimum absolute atomic E-state index is 0.0521. The zero-order chi connectivity index (χ0) is 26.9. The summed E-state index contributed by atoms with van der Waals surface area (Å²) in [5, 5.41) is 3.08. The molecule has 200 valence electrons. The van der Waals surface area contributed by atoms with E-state index in [1.165, 1.54) is 0 Å². The number of amides is 2. The Labute approximate surface area is 226 Å². The van der Waals surface area contributed by atoms with Gasteiger partial charge in [-0.25, -0.2) is 0 Å². The Morgan fingerprint density at radius 1 is 0.895 bits per heavy atom. The molecule has 0 unspecified atom stereocenters. The van der Waals surface area contributed by atoms with Gasteiger partial charge in [0.05, 0.1) is 0 Å². The molecule has 0 fully saturated rings. The molecule has 3 aromatic rings. The van der Waals surface area contributed by atoms with Crippen LogP contribution in [0.1, 0.15) is 42.5 Å². The van der Waals surface area contributed by atoms with E-state index in [1.54, 1.807) is 4.90 Å². The van der Waals surface area contributed by atoms with E-state index >= 15 is 0 Å². The molecule has 0 spiro atoms. The fourth-order valence-corrected chi connectivity index (χ4v) is 4.59. The van der Waals surface area contributed by atoms with Crippen molar-refractivity contribution in [2.45, 2.75) is 52.6 Å². The van der Waals surface area contributed by atoms with E-state index in [0.717, 1.165) is 28.0 Å². The third-order valence-electron chi connectivity index (χ3n) is 6.79. The summed E-state index contributed by atoms with van der Waals surface area (Å²) in [4.78, 5) is 29.2. The van der Waals surface area contributed by atoms with E-state index in [4.69, 9.17) is 9.47 Å². The van der Waals surface area contributed by atoms with Crippen molar-refractivity contribution >= 4 is 11.8 Å². The summed E-state index contributed by atoms with van der Waals surface area (Å²) < 4.78 is 11.3. The van der Waals surface area contributed by atoms with E-state index in [2.05, 4.69) is 19.2 Å². The standard InChI is InChI=1S/C32H38N2O4/c1-23(2)21-33-32(36)28(19-25-10-5-4-6-11-25)34(22-27-12-8-7-9-24(27)3)31(35)16-14-26-13-15-29-30(20-26)38-18-17-37-29/h4-13,15,20,23,28H,14,16-19,21-22H2,1-3H3,(H,33,36)/t28-/m0/s1. The number of carbonyl (C=O) groups excluding carboxylic acids is 2. The Bertz CT molecular complexity index is 1230. The van der Waals surface area contributed by atoms with Crippen molar-refractivity contribution in [2.75, 3.05) is 19.8 Å². The van der Waals surface area contributed by atoms with Gasteiger partial charge in [0.25, 0.3) is 0 Å². The normalized spacial score (nSPS) is 13.2. The third-order valence-corrected chi connectivity index (χ3v) is 6.79. The number of nitrogens with one attached hydrogen (secondary N) is 1. The van der Waals surface area contributed by atoms with Gasteiger partial charge in [-0.1, -0.05) is 74.5 Å². The topological polar surface area (TPSA) is 67.9 Å². The SMILES string of the molecule is Cc1ccccc1CN(C(=O)CCc1ccc2c(c1)OCCO2)[C@@H](Cc1ccccc1)C(=O)NCC(C)C. The van der Waals surface area contributed by atoms with Crippen LogP contribution in [-0.4, -0.2) is 42.5 Å². The van der Waals surface area contributed by atoms with Gasteiger partial charge in [0.15, 0.2) is 11.5 Å². The van der Waals surface area contributed by atoms with Crippen molar-refractivity contribution in [3.63, 3.8) is 0 Å². The number of fused-ring (bicyclic) bond motifs is 1. The molecular formula is C32H38N2O4. The average Bonchev–Trinajstić information content (AvgIpc) is 2.93. The Balaban J connectivity index is 1.59. The first-order valence-electron chi connectivity index (χ1n) is 13.4. The molecule has 1 N–H and O–H groups in total. The maximum atomic E-state index is 13.9. The van der Waals surface area contributed by atoms with Crippen molar-refractivity contribution in [1.29, 1.82) is 0 Å². The summed E-state index contributed by atoms with van der Waals surface area (Å²) in [7, 11) is 0. The molecule has 6 heteroatoms. The van der Waals surface area contributed by atoms with Crippen molar-refractivity contribution in [3.8, 4) is 11.5 Å². The number of ether oxygens (including phenoxy) is 2. The lowest BCUT2D eigenvalue weighted by Gasteiger charge is -2.32. The summed E-state index contributed by atoms with van der Waals surface area (Å²) in [6, 6.07) is 23.1. The molecule has 0 bridgehead atoms. The second kappa shape index (κ2) is 13.1. The fourth-order valence-electron chi connectivity index (χ4n) is 4.59. The first kappa shape index (κ1) is 27.2. The molecule has 1 aliphatic rings. The van der Waals surface area contributed by atoms with Crippen LogP contribution in [0, 0.1) is 12.8 Å². The second-order valence-corrected chi connectivity index (χ2v) is 10.3. The van der Waals surface area contributed by atoms with Crippen LogP contribution >= 0.6 is 0 Å². The molecule has 6 nitrogen and oxygen atoms in total. The first-order chi connectivity index (χ1) is 18.4. The van der Waals surface area contributed by atoms with Gasteiger partial charge in [-0.15, -0.1) is 0 Å². The van der Waals surface area contributed by atoms with Gasteiger partial charge in [-0.3, -0.25) is 9.59 Å². The number of aryl methyl sites for hydroxylation is 2. The highest BCUT2D eigenvalue weighted by atomic mass is 16.6. The predicted molar refractivity (Wildman–Crippen MR) is 149 cm³/mol. The minimum Gasteiger partial charge on any atom is -0.486 e. The molecule has 4 rings (SSSR count). The highest BCUT2D eigenvalue weighted by Crippen LogP contribution is 2.31. The van der Waals surface area contributed by atoms with Crippen LogP contribution in [0.2, 0.25) is 0 Å². The minimum atomic E-state index is -0.622. The summed E-state index contributed by atoms with van der Waals surface area (Å²) in [6.45, 7) is 8.17.